The summed E-state index contributed by atoms with van der Waals surface area (Å²) in [6.07, 6.45) is 0. The Morgan fingerprint density at radius 3 is 2.47 bits per heavy atom. The molecule has 0 spiro atoms. The fourth-order valence-electron chi connectivity index (χ4n) is 0.805. The number of rotatable bonds is 5. The summed E-state index contributed by atoms with van der Waals surface area (Å²) < 4.78 is 29.2. The van der Waals surface area contributed by atoms with Gasteiger partial charge in [-0.1, -0.05) is 0 Å². The number of carbonyl (C=O) groups is 1. The number of nitrogens with zero attached hydrogens (tertiary/aromatic N) is 1. The highest BCUT2D eigenvalue weighted by Gasteiger charge is 2.26. The molecule has 0 heterocycles. The molecule has 0 aromatic heterocycles. The van der Waals surface area contributed by atoms with Gasteiger partial charge in [-0.15, -0.1) is 0 Å². The van der Waals surface area contributed by atoms with Crippen molar-refractivity contribution in [2.24, 2.45) is 0 Å². The van der Waals surface area contributed by atoms with Crippen LogP contribution >= 0.6 is 0 Å². The Bertz CT molecular complexity index is 367. The zero-order valence-corrected chi connectivity index (χ0v) is 9.72. The lowest BCUT2D eigenvalue weighted by Gasteiger charge is -2.16. The van der Waals surface area contributed by atoms with E-state index in [2.05, 4.69) is 9.46 Å². The second-order valence-electron chi connectivity index (χ2n) is 3.40. The van der Waals surface area contributed by atoms with Crippen molar-refractivity contribution in [3.63, 3.8) is 0 Å². The summed E-state index contributed by atoms with van der Waals surface area (Å²) in [6, 6.07) is 1.76. The first-order valence-electron chi connectivity index (χ1n) is 4.31. The molecule has 0 saturated heterocycles. The Morgan fingerprint density at radius 2 is 2.07 bits per heavy atom. The Balaban J connectivity index is 4.47. The standard InChI is InChI=1S/C8H14N2O4S/c1-4-14-7(11)5-15(12,13)10-8(2,3)6-9/h10H,4-5H2,1-3H3. The third-order valence-electron chi connectivity index (χ3n) is 1.30. The first-order chi connectivity index (χ1) is 6.72. The predicted octanol–water partition coefficient (Wildman–Crippen LogP) is -0.229. The molecule has 0 atom stereocenters. The van der Waals surface area contributed by atoms with E-state index in [9.17, 15) is 13.2 Å². The number of hydrogen-bond acceptors (Lipinski definition) is 5. The van der Waals surface area contributed by atoms with Gasteiger partial charge < -0.3 is 4.74 Å². The normalized spacial score (nSPS) is 11.9. The van der Waals surface area contributed by atoms with Crippen LogP contribution in [-0.2, 0) is 19.6 Å². The SMILES string of the molecule is CCOC(=O)CS(=O)(=O)NC(C)(C)C#N. The Hall–Kier alpha value is -1.13. The van der Waals surface area contributed by atoms with E-state index in [0.29, 0.717) is 0 Å². The van der Waals surface area contributed by atoms with Crippen molar-refractivity contribution in [1.82, 2.24) is 4.72 Å². The maximum Gasteiger partial charge on any atom is 0.322 e. The van der Waals surface area contributed by atoms with Crippen LogP contribution in [0.5, 0.6) is 0 Å². The van der Waals surface area contributed by atoms with Crippen LogP contribution in [0.3, 0.4) is 0 Å². The van der Waals surface area contributed by atoms with E-state index >= 15 is 0 Å². The summed E-state index contributed by atoms with van der Waals surface area (Å²) in [5.74, 6) is -1.61. The first kappa shape index (κ1) is 13.9. The molecular formula is C8H14N2O4S. The Morgan fingerprint density at radius 1 is 1.53 bits per heavy atom. The quantitative estimate of drug-likeness (QED) is 0.663. The van der Waals surface area contributed by atoms with Gasteiger partial charge in [-0.2, -0.15) is 9.98 Å². The fourth-order valence-corrected chi connectivity index (χ4v) is 2.09. The zero-order chi connectivity index (χ0) is 12.1. The molecule has 7 heteroatoms. The molecule has 0 aliphatic carbocycles. The molecule has 1 N–H and O–H groups in total. The number of sulfonamides is 1. The van der Waals surface area contributed by atoms with E-state index in [4.69, 9.17) is 5.26 Å². The van der Waals surface area contributed by atoms with Crippen LogP contribution < -0.4 is 4.72 Å². The molecule has 0 aromatic rings. The second-order valence-corrected chi connectivity index (χ2v) is 5.13. The van der Waals surface area contributed by atoms with E-state index in [0.717, 1.165) is 0 Å². The number of esters is 1. The molecule has 0 aliphatic rings. The average molecular weight is 234 g/mol. The van der Waals surface area contributed by atoms with E-state index in [1.165, 1.54) is 13.8 Å². The lowest BCUT2D eigenvalue weighted by molar-refractivity contribution is -0.139. The van der Waals surface area contributed by atoms with Crippen LogP contribution in [0.2, 0.25) is 0 Å². The van der Waals surface area contributed by atoms with Gasteiger partial charge in [-0.25, -0.2) is 8.42 Å². The molecule has 86 valence electrons. The molecule has 6 nitrogen and oxygen atoms in total. The number of carbonyl (C=O) groups excluding carboxylic acids is 1. The van der Waals surface area contributed by atoms with Crippen LogP contribution in [0.4, 0.5) is 0 Å². The van der Waals surface area contributed by atoms with E-state index in [1.54, 1.807) is 13.0 Å². The summed E-state index contributed by atoms with van der Waals surface area (Å²) in [5, 5.41) is 8.60. The fraction of sp³-hybridized carbons (Fsp3) is 0.750. The highest BCUT2D eigenvalue weighted by atomic mass is 32.2. The smallest absolute Gasteiger partial charge is 0.322 e. The van der Waals surface area contributed by atoms with Gasteiger partial charge in [-0.05, 0) is 20.8 Å². The van der Waals surface area contributed by atoms with Crippen molar-refractivity contribution in [3.05, 3.63) is 0 Å². The maximum absolute atomic E-state index is 11.3. The minimum atomic E-state index is -3.82. The van der Waals surface area contributed by atoms with E-state index in [1.807, 2.05) is 0 Å². The van der Waals surface area contributed by atoms with Crippen molar-refractivity contribution in [3.8, 4) is 6.07 Å². The van der Waals surface area contributed by atoms with Gasteiger partial charge >= 0.3 is 5.97 Å². The number of nitriles is 1. The number of nitrogens with one attached hydrogen (secondary N) is 1. The zero-order valence-electron chi connectivity index (χ0n) is 8.90. The molecule has 0 amide bonds. The highest BCUT2D eigenvalue weighted by Crippen LogP contribution is 2.02. The van der Waals surface area contributed by atoms with Crippen molar-refractivity contribution in [2.75, 3.05) is 12.4 Å². The summed E-state index contributed by atoms with van der Waals surface area (Å²) in [4.78, 5) is 10.9. The Labute approximate surface area is 89.3 Å². The highest BCUT2D eigenvalue weighted by molar-refractivity contribution is 7.90. The van der Waals surface area contributed by atoms with Gasteiger partial charge in [0, 0.05) is 0 Å². The minimum absolute atomic E-state index is 0.121. The lowest BCUT2D eigenvalue weighted by Crippen LogP contribution is -2.44. The van der Waals surface area contributed by atoms with Gasteiger partial charge in [0.2, 0.25) is 10.0 Å². The molecule has 0 aromatic carbocycles. The van der Waals surface area contributed by atoms with Crippen LogP contribution in [0, 0.1) is 11.3 Å². The van der Waals surface area contributed by atoms with Gasteiger partial charge in [0.25, 0.3) is 0 Å². The molecular weight excluding hydrogens is 220 g/mol. The van der Waals surface area contributed by atoms with Gasteiger partial charge in [0.15, 0.2) is 5.75 Å². The predicted molar refractivity (Wildman–Crippen MR) is 53.2 cm³/mol. The molecule has 0 fully saturated rings. The van der Waals surface area contributed by atoms with Crippen LogP contribution in [0.1, 0.15) is 20.8 Å². The molecule has 0 bridgehead atoms. The molecule has 0 radical (unpaired) electrons. The maximum atomic E-state index is 11.3. The summed E-state index contributed by atoms with van der Waals surface area (Å²) >= 11 is 0. The van der Waals surface area contributed by atoms with Crippen LogP contribution in [-0.4, -0.2) is 32.3 Å². The molecule has 0 aliphatic heterocycles. The first-order valence-corrected chi connectivity index (χ1v) is 5.96. The average Bonchev–Trinajstić information content (AvgIpc) is 2.01. The summed E-state index contributed by atoms with van der Waals surface area (Å²) in [6.45, 7) is 4.50. The molecule has 0 rings (SSSR count). The van der Waals surface area contributed by atoms with Gasteiger partial charge in [-0.3, -0.25) is 4.79 Å². The van der Waals surface area contributed by atoms with E-state index in [-0.39, 0.29) is 6.61 Å². The summed E-state index contributed by atoms with van der Waals surface area (Å²) in [5.41, 5.74) is -1.23. The van der Waals surface area contributed by atoms with Crippen LogP contribution in [0.15, 0.2) is 0 Å². The summed E-state index contributed by atoms with van der Waals surface area (Å²) in [7, 11) is -3.82. The van der Waals surface area contributed by atoms with Crippen LogP contribution in [0.25, 0.3) is 0 Å². The topological polar surface area (TPSA) is 96.3 Å². The van der Waals surface area contributed by atoms with E-state index < -0.39 is 27.3 Å². The second kappa shape index (κ2) is 5.09. The third-order valence-corrected chi connectivity index (χ3v) is 2.74. The monoisotopic (exact) mass is 234 g/mol. The van der Waals surface area contributed by atoms with Crippen molar-refractivity contribution >= 4 is 16.0 Å². The molecule has 0 saturated carbocycles. The van der Waals surface area contributed by atoms with Gasteiger partial charge in [0.05, 0.1) is 12.7 Å². The van der Waals surface area contributed by atoms with Crippen molar-refractivity contribution < 1.29 is 17.9 Å². The Kier molecular flexibility index (Phi) is 4.71. The lowest BCUT2D eigenvalue weighted by atomic mass is 10.1. The number of ether oxygens (including phenoxy) is 1. The van der Waals surface area contributed by atoms with Crippen molar-refractivity contribution in [2.45, 2.75) is 26.3 Å². The third kappa shape index (κ3) is 6.04. The van der Waals surface area contributed by atoms with Crippen molar-refractivity contribution in [1.29, 1.82) is 5.26 Å². The van der Waals surface area contributed by atoms with Gasteiger partial charge in [0.1, 0.15) is 5.54 Å². The minimum Gasteiger partial charge on any atom is -0.465 e. The largest absolute Gasteiger partial charge is 0.465 e. The molecule has 15 heavy (non-hydrogen) atoms. The number of hydrogen-bond donors (Lipinski definition) is 1. The molecule has 0 unspecified atom stereocenters.